The third-order valence-electron chi connectivity index (χ3n) is 6.90. The van der Waals surface area contributed by atoms with Gasteiger partial charge in [0, 0.05) is 17.9 Å². The van der Waals surface area contributed by atoms with Crippen molar-refractivity contribution in [1.82, 2.24) is 0 Å². The fraction of sp³-hybridized carbons (Fsp3) is 1.00. The molecular formula is C19H34O4. The van der Waals surface area contributed by atoms with E-state index in [4.69, 9.17) is 14.2 Å². The molecule has 0 amide bonds. The van der Waals surface area contributed by atoms with E-state index in [9.17, 15) is 5.11 Å². The maximum Gasteiger partial charge on any atom is 0.154 e. The molecule has 23 heavy (non-hydrogen) atoms. The summed E-state index contributed by atoms with van der Waals surface area (Å²) in [7, 11) is 0. The number of hydrogen-bond acceptors (Lipinski definition) is 4. The average molecular weight is 326 g/mol. The highest BCUT2D eigenvalue weighted by atomic mass is 16.7. The molecule has 1 N–H and O–H groups in total. The minimum Gasteiger partial charge on any atom is -0.389 e. The number of aliphatic hydroxyl groups is 1. The first-order valence-electron chi connectivity index (χ1n) is 9.44. The summed E-state index contributed by atoms with van der Waals surface area (Å²) in [4.78, 5) is 0. The summed E-state index contributed by atoms with van der Waals surface area (Å²) in [6.45, 7) is 12.0. The smallest absolute Gasteiger partial charge is 0.154 e. The zero-order valence-electron chi connectivity index (χ0n) is 15.4. The molecule has 0 aromatic carbocycles. The maximum atomic E-state index is 11.4. The largest absolute Gasteiger partial charge is 0.389 e. The van der Waals surface area contributed by atoms with E-state index in [1.807, 2.05) is 13.8 Å². The molecule has 2 saturated heterocycles. The van der Waals surface area contributed by atoms with Crippen molar-refractivity contribution >= 4 is 0 Å². The van der Waals surface area contributed by atoms with E-state index in [2.05, 4.69) is 20.8 Å². The summed E-state index contributed by atoms with van der Waals surface area (Å²) in [5.41, 5.74) is -0.720. The predicted molar refractivity (Wildman–Crippen MR) is 89.0 cm³/mol. The Morgan fingerprint density at radius 1 is 1.17 bits per heavy atom. The second-order valence-corrected chi connectivity index (χ2v) is 8.37. The molecule has 2 bridgehead atoms. The Balaban J connectivity index is 1.82. The second-order valence-electron chi connectivity index (χ2n) is 8.37. The molecule has 0 spiro atoms. The summed E-state index contributed by atoms with van der Waals surface area (Å²) in [5.74, 6) is 1.19. The molecule has 0 radical (unpaired) electrons. The number of ether oxygens (including phenoxy) is 3. The molecular weight excluding hydrogens is 292 g/mol. The summed E-state index contributed by atoms with van der Waals surface area (Å²) >= 11 is 0. The summed E-state index contributed by atoms with van der Waals surface area (Å²) in [5, 5.41) is 11.4. The maximum absolute atomic E-state index is 11.4. The van der Waals surface area contributed by atoms with Gasteiger partial charge in [0.25, 0.3) is 0 Å². The first kappa shape index (κ1) is 17.7. The van der Waals surface area contributed by atoms with Crippen molar-refractivity contribution in [3.63, 3.8) is 0 Å². The van der Waals surface area contributed by atoms with Gasteiger partial charge in [-0.15, -0.1) is 0 Å². The molecule has 7 unspecified atom stereocenters. The van der Waals surface area contributed by atoms with Crippen LogP contribution in [0.15, 0.2) is 0 Å². The van der Waals surface area contributed by atoms with Gasteiger partial charge in [-0.1, -0.05) is 33.6 Å². The summed E-state index contributed by atoms with van der Waals surface area (Å²) in [6, 6.07) is 0. The molecule has 0 aromatic rings. The number of fused-ring (bicyclic) bond motifs is 2. The molecule has 4 heteroatoms. The Kier molecular flexibility index (Phi) is 4.83. The minimum absolute atomic E-state index is 0.138. The highest BCUT2D eigenvalue weighted by Crippen LogP contribution is 2.62. The Labute approximate surface area is 140 Å². The first-order valence-corrected chi connectivity index (χ1v) is 9.44. The van der Waals surface area contributed by atoms with Gasteiger partial charge in [0.05, 0.1) is 24.4 Å². The van der Waals surface area contributed by atoms with Crippen LogP contribution in [0.2, 0.25) is 0 Å². The third kappa shape index (κ3) is 2.76. The number of rotatable bonds is 6. The van der Waals surface area contributed by atoms with E-state index in [1.54, 1.807) is 0 Å². The lowest BCUT2D eigenvalue weighted by atomic mass is 9.56. The van der Waals surface area contributed by atoms with Gasteiger partial charge in [0.1, 0.15) is 0 Å². The van der Waals surface area contributed by atoms with E-state index in [0.717, 1.165) is 25.7 Å². The van der Waals surface area contributed by atoms with Crippen LogP contribution in [-0.4, -0.2) is 42.4 Å². The number of hydrogen-bond donors (Lipinski definition) is 1. The zero-order chi connectivity index (χ0) is 16.8. The van der Waals surface area contributed by atoms with Crippen molar-refractivity contribution in [3.05, 3.63) is 0 Å². The van der Waals surface area contributed by atoms with Crippen LogP contribution in [0.25, 0.3) is 0 Å². The lowest BCUT2D eigenvalue weighted by Crippen LogP contribution is -2.57. The molecule has 7 atom stereocenters. The Hall–Kier alpha value is -0.160. The van der Waals surface area contributed by atoms with Gasteiger partial charge in [-0.3, -0.25) is 0 Å². The van der Waals surface area contributed by atoms with Crippen molar-refractivity contribution < 1.29 is 19.3 Å². The lowest BCUT2D eigenvalue weighted by Gasteiger charge is -2.49. The fourth-order valence-corrected chi connectivity index (χ4v) is 5.65. The van der Waals surface area contributed by atoms with Gasteiger partial charge in [-0.05, 0) is 38.5 Å². The fourth-order valence-electron chi connectivity index (χ4n) is 5.65. The quantitative estimate of drug-likeness (QED) is 0.760. The second kappa shape index (κ2) is 6.29. The van der Waals surface area contributed by atoms with Crippen LogP contribution in [0.1, 0.15) is 60.3 Å². The molecule has 1 aliphatic carbocycles. The summed E-state index contributed by atoms with van der Waals surface area (Å²) in [6.07, 6.45) is 4.19. The van der Waals surface area contributed by atoms with Crippen LogP contribution in [0.4, 0.5) is 0 Å². The predicted octanol–water partition coefficient (Wildman–Crippen LogP) is 3.37. The standard InChI is InChI=1S/C19H34O4/c1-6-21-14(4)22-11-18(5)16(19(20)9-7-8-10-19)15-12(2)13(3)17(18)23-15/h12-17,20H,6-11H2,1-5H3. The van der Waals surface area contributed by atoms with E-state index in [1.165, 1.54) is 0 Å². The van der Waals surface area contributed by atoms with E-state index in [-0.39, 0.29) is 29.8 Å². The van der Waals surface area contributed by atoms with E-state index >= 15 is 0 Å². The molecule has 4 nitrogen and oxygen atoms in total. The topological polar surface area (TPSA) is 47.9 Å². The SMILES string of the molecule is CCOC(C)OCC1(C)C2OC(C(C)C2C)C1C1(O)CCCC1. The normalized spacial score (nSPS) is 46.4. The van der Waals surface area contributed by atoms with E-state index < -0.39 is 5.60 Å². The van der Waals surface area contributed by atoms with Gasteiger partial charge in [0.2, 0.25) is 0 Å². The monoisotopic (exact) mass is 326 g/mol. The van der Waals surface area contributed by atoms with Gasteiger partial charge < -0.3 is 19.3 Å². The van der Waals surface area contributed by atoms with Gasteiger partial charge in [-0.2, -0.15) is 0 Å². The van der Waals surface area contributed by atoms with Crippen molar-refractivity contribution in [3.8, 4) is 0 Å². The zero-order valence-corrected chi connectivity index (χ0v) is 15.4. The Morgan fingerprint density at radius 3 is 2.43 bits per heavy atom. The molecule has 1 saturated carbocycles. The highest BCUT2D eigenvalue weighted by Gasteiger charge is 2.68. The molecule has 0 aromatic heterocycles. The van der Waals surface area contributed by atoms with Crippen LogP contribution < -0.4 is 0 Å². The Morgan fingerprint density at radius 2 is 1.83 bits per heavy atom. The van der Waals surface area contributed by atoms with Crippen LogP contribution in [0, 0.1) is 23.2 Å². The van der Waals surface area contributed by atoms with Crippen LogP contribution in [0.3, 0.4) is 0 Å². The van der Waals surface area contributed by atoms with Crippen molar-refractivity contribution in [2.45, 2.75) is 84.4 Å². The van der Waals surface area contributed by atoms with Crippen molar-refractivity contribution in [1.29, 1.82) is 0 Å². The first-order chi connectivity index (χ1) is 10.8. The molecule has 3 aliphatic rings. The van der Waals surface area contributed by atoms with Gasteiger partial charge in [-0.25, -0.2) is 0 Å². The molecule has 2 aliphatic heterocycles. The minimum atomic E-state index is -0.583. The summed E-state index contributed by atoms with van der Waals surface area (Å²) < 4.78 is 18.0. The molecule has 134 valence electrons. The average Bonchev–Trinajstić information content (AvgIpc) is 3.14. The highest BCUT2D eigenvalue weighted by molar-refractivity contribution is 5.15. The molecule has 2 heterocycles. The lowest BCUT2D eigenvalue weighted by molar-refractivity contribution is -0.176. The van der Waals surface area contributed by atoms with E-state index in [0.29, 0.717) is 25.0 Å². The van der Waals surface area contributed by atoms with Crippen LogP contribution >= 0.6 is 0 Å². The Bertz CT molecular complexity index is 420. The van der Waals surface area contributed by atoms with Gasteiger partial charge >= 0.3 is 0 Å². The van der Waals surface area contributed by atoms with Crippen LogP contribution in [-0.2, 0) is 14.2 Å². The van der Waals surface area contributed by atoms with Crippen molar-refractivity contribution in [2.75, 3.05) is 13.2 Å². The van der Waals surface area contributed by atoms with Crippen molar-refractivity contribution in [2.24, 2.45) is 23.2 Å². The third-order valence-corrected chi connectivity index (χ3v) is 6.90. The molecule has 3 fully saturated rings. The molecule has 3 rings (SSSR count). The van der Waals surface area contributed by atoms with Gasteiger partial charge in [0.15, 0.2) is 6.29 Å². The van der Waals surface area contributed by atoms with Crippen LogP contribution in [0.5, 0.6) is 0 Å².